The lowest BCUT2D eigenvalue weighted by molar-refractivity contribution is -0.132. The van der Waals surface area contributed by atoms with Crippen LogP contribution in [0.15, 0.2) is 36.8 Å². The lowest BCUT2D eigenvalue weighted by Crippen LogP contribution is -2.39. The Bertz CT molecular complexity index is 567. The van der Waals surface area contributed by atoms with Gasteiger partial charge in [-0.25, -0.2) is 0 Å². The molecule has 1 amide bonds. The smallest absolute Gasteiger partial charge is 0.222 e. The van der Waals surface area contributed by atoms with Gasteiger partial charge in [-0.3, -0.25) is 14.9 Å². The molecule has 110 valence electrons. The fraction of sp³-hybridized carbons (Fsp3) is 0.438. The number of amides is 1. The first-order valence-electron chi connectivity index (χ1n) is 7.49. The number of nitrogens with one attached hydrogen (secondary N) is 1. The van der Waals surface area contributed by atoms with E-state index >= 15 is 0 Å². The zero-order valence-electron chi connectivity index (χ0n) is 12.0. The van der Waals surface area contributed by atoms with Crippen LogP contribution in [-0.2, 0) is 11.2 Å². The number of nitrogens with zero attached hydrogens (tertiary/aromatic N) is 3. The molecule has 1 aliphatic rings. The quantitative estimate of drug-likeness (QED) is 0.935. The van der Waals surface area contributed by atoms with E-state index in [9.17, 15) is 4.79 Å². The fourth-order valence-electron chi connectivity index (χ4n) is 2.91. The summed E-state index contributed by atoms with van der Waals surface area (Å²) in [4.78, 5) is 18.4. The highest BCUT2D eigenvalue weighted by atomic mass is 16.2. The Morgan fingerprint density at radius 1 is 1.29 bits per heavy atom. The van der Waals surface area contributed by atoms with Gasteiger partial charge in [-0.1, -0.05) is 0 Å². The highest BCUT2D eigenvalue weighted by Crippen LogP contribution is 2.25. The maximum absolute atomic E-state index is 12.4. The summed E-state index contributed by atoms with van der Waals surface area (Å²) in [6.07, 6.45) is 8.86. The second-order valence-electron chi connectivity index (χ2n) is 5.55. The predicted molar refractivity (Wildman–Crippen MR) is 79.7 cm³/mol. The molecule has 2 aromatic rings. The van der Waals surface area contributed by atoms with Crippen molar-refractivity contribution in [3.05, 3.63) is 48.0 Å². The van der Waals surface area contributed by atoms with E-state index in [1.807, 2.05) is 23.1 Å². The summed E-state index contributed by atoms with van der Waals surface area (Å²) in [5.41, 5.74) is 2.31. The summed E-state index contributed by atoms with van der Waals surface area (Å²) in [6.45, 7) is 1.68. The lowest BCUT2D eigenvalue weighted by atomic mass is 9.94. The average molecular weight is 284 g/mol. The third-order valence-electron chi connectivity index (χ3n) is 4.11. The molecule has 0 aliphatic carbocycles. The first-order valence-corrected chi connectivity index (χ1v) is 7.49. The minimum Gasteiger partial charge on any atom is -0.342 e. The zero-order chi connectivity index (χ0) is 14.5. The van der Waals surface area contributed by atoms with Gasteiger partial charge in [0.1, 0.15) is 0 Å². The molecule has 0 aromatic carbocycles. The largest absolute Gasteiger partial charge is 0.342 e. The van der Waals surface area contributed by atoms with Crippen LogP contribution in [0.3, 0.4) is 0 Å². The van der Waals surface area contributed by atoms with Crippen LogP contribution in [0.2, 0.25) is 0 Å². The molecular formula is C16H20N4O. The highest BCUT2D eigenvalue weighted by Gasteiger charge is 2.25. The Balaban J connectivity index is 1.55. The summed E-state index contributed by atoms with van der Waals surface area (Å²) in [7, 11) is 0. The molecule has 1 fully saturated rings. The maximum Gasteiger partial charge on any atom is 0.222 e. The third-order valence-corrected chi connectivity index (χ3v) is 4.11. The van der Waals surface area contributed by atoms with Crippen molar-refractivity contribution in [2.45, 2.75) is 31.6 Å². The van der Waals surface area contributed by atoms with E-state index in [0.29, 0.717) is 12.3 Å². The number of aromatic amines is 1. The number of pyridine rings is 1. The summed E-state index contributed by atoms with van der Waals surface area (Å²) in [5.74, 6) is 0.641. The van der Waals surface area contributed by atoms with E-state index < -0.39 is 0 Å². The van der Waals surface area contributed by atoms with Gasteiger partial charge in [0.2, 0.25) is 5.91 Å². The average Bonchev–Trinajstić information content (AvgIpc) is 3.08. The van der Waals surface area contributed by atoms with E-state index in [2.05, 4.69) is 15.2 Å². The summed E-state index contributed by atoms with van der Waals surface area (Å²) in [5, 5.41) is 7.04. The Kier molecular flexibility index (Phi) is 4.28. The minimum atomic E-state index is 0.246. The molecule has 5 nitrogen and oxygen atoms in total. The number of H-pyrrole nitrogens is 1. The van der Waals surface area contributed by atoms with Crippen LogP contribution in [-0.4, -0.2) is 39.1 Å². The van der Waals surface area contributed by atoms with E-state index in [-0.39, 0.29) is 5.91 Å². The molecule has 3 heterocycles. The fourth-order valence-corrected chi connectivity index (χ4v) is 2.91. The number of carbonyl (C=O) groups is 1. The number of rotatable bonds is 4. The molecule has 1 N–H and O–H groups in total. The number of hydrogen-bond donors (Lipinski definition) is 1. The topological polar surface area (TPSA) is 61.9 Å². The Labute approximate surface area is 124 Å². The molecular weight excluding hydrogens is 264 g/mol. The van der Waals surface area contributed by atoms with Crippen molar-refractivity contribution in [1.82, 2.24) is 20.1 Å². The summed E-state index contributed by atoms with van der Waals surface area (Å²) in [6, 6.07) is 5.95. The standard InChI is InChI=1S/C16H20N4O/c21-16(4-3-13-5-8-17-9-6-13)20-11-1-2-14(12-20)15-7-10-18-19-15/h5-10,14H,1-4,11-12H2,(H,18,19). The van der Waals surface area contributed by atoms with Crippen LogP contribution < -0.4 is 0 Å². The van der Waals surface area contributed by atoms with Crippen molar-refractivity contribution in [3.8, 4) is 0 Å². The van der Waals surface area contributed by atoms with Crippen LogP contribution in [0.25, 0.3) is 0 Å². The minimum absolute atomic E-state index is 0.246. The van der Waals surface area contributed by atoms with Crippen LogP contribution in [0.5, 0.6) is 0 Å². The summed E-state index contributed by atoms with van der Waals surface area (Å²) < 4.78 is 0. The molecule has 1 unspecified atom stereocenters. The van der Waals surface area contributed by atoms with Gasteiger partial charge in [-0.05, 0) is 43.0 Å². The Morgan fingerprint density at radius 3 is 2.90 bits per heavy atom. The van der Waals surface area contributed by atoms with E-state index in [1.54, 1.807) is 18.6 Å². The first kappa shape index (κ1) is 13.8. The van der Waals surface area contributed by atoms with Crippen LogP contribution in [0.4, 0.5) is 0 Å². The molecule has 3 rings (SSSR count). The Morgan fingerprint density at radius 2 is 2.14 bits per heavy atom. The second-order valence-corrected chi connectivity index (χ2v) is 5.55. The normalized spacial score (nSPS) is 18.7. The number of carbonyl (C=O) groups excluding carboxylic acids is 1. The molecule has 1 saturated heterocycles. The van der Waals surface area contributed by atoms with Gasteiger partial charge in [0, 0.05) is 49.7 Å². The van der Waals surface area contributed by atoms with Crippen molar-refractivity contribution < 1.29 is 4.79 Å². The molecule has 5 heteroatoms. The van der Waals surface area contributed by atoms with Crippen molar-refractivity contribution in [3.63, 3.8) is 0 Å². The summed E-state index contributed by atoms with van der Waals surface area (Å²) >= 11 is 0. The number of aryl methyl sites for hydroxylation is 1. The van der Waals surface area contributed by atoms with Crippen molar-refractivity contribution in [2.24, 2.45) is 0 Å². The van der Waals surface area contributed by atoms with Gasteiger partial charge in [0.15, 0.2) is 0 Å². The van der Waals surface area contributed by atoms with Crippen molar-refractivity contribution >= 4 is 5.91 Å². The van der Waals surface area contributed by atoms with E-state index in [4.69, 9.17) is 0 Å². The number of piperidine rings is 1. The second kappa shape index (κ2) is 6.52. The van der Waals surface area contributed by atoms with Crippen LogP contribution in [0, 0.1) is 0 Å². The molecule has 1 atom stereocenters. The molecule has 0 saturated carbocycles. The molecule has 21 heavy (non-hydrogen) atoms. The van der Waals surface area contributed by atoms with Gasteiger partial charge in [-0.15, -0.1) is 0 Å². The van der Waals surface area contributed by atoms with Crippen molar-refractivity contribution in [1.29, 1.82) is 0 Å². The number of aromatic nitrogens is 3. The number of hydrogen-bond acceptors (Lipinski definition) is 3. The van der Waals surface area contributed by atoms with Gasteiger partial charge in [-0.2, -0.15) is 5.10 Å². The van der Waals surface area contributed by atoms with E-state index in [0.717, 1.165) is 38.0 Å². The lowest BCUT2D eigenvalue weighted by Gasteiger charge is -2.32. The monoisotopic (exact) mass is 284 g/mol. The number of likely N-dealkylation sites (tertiary alicyclic amines) is 1. The zero-order valence-corrected chi connectivity index (χ0v) is 12.0. The predicted octanol–water partition coefficient (Wildman–Crippen LogP) is 2.14. The van der Waals surface area contributed by atoms with Gasteiger partial charge in [0.05, 0.1) is 0 Å². The van der Waals surface area contributed by atoms with Crippen molar-refractivity contribution in [2.75, 3.05) is 13.1 Å². The maximum atomic E-state index is 12.4. The van der Waals surface area contributed by atoms with Gasteiger partial charge in [0.25, 0.3) is 0 Å². The van der Waals surface area contributed by atoms with Crippen LogP contribution in [0.1, 0.15) is 36.4 Å². The molecule has 0 bridgehead atoms. The molecule has 0 spiro atoms. The first-order chi connectivity index (χ1) is 10.3. The third kappa shape index (κ3) is 3.48. The van der Waals surface area contributed by atoms with Crippen LogP contribution >= 0.6 is 0 Å². The SMILES string of the molecule is O=C(CCc1ccncc1)N1CCCC(c2ccn[nH]2)C1. The highest BCUT2D eigenvalue weighted by molar-refractivity contribution is 5.76. The van der Waals surface area contributed by atoms with Gasteiger partial charge >= 0.3 is 0 Å². The molecule has 1 aliphatic heterocycles. The Hall–Kier alpha value is -2.17. The van der Waals surface area contributed by atoms with E-state index in [1.165, 1.54) is 5.56 Å². The van der Waals surface area contributed by atoms with Gasteiger partial charge < -0.3 is 4.90 Å². The molecule has 0 radical (unpaired) electrons. The molecule has 2 aromatic heterocycles.